The van der Waals surface area contributed by atoms with Crippen LogP contribution in [0.2, 0.25) is 0 Å². The quantitative estimate of drug-likeness (QED) is 0.875. The summed E-state index contributed by atoms with van der Waals surface area (Å²) in [6.07, 6.45) is 0. The number of aromatic carboxylic acids is 1. The lowest BCUT2D eigenvalue weighted by molar-refractivity contribution is 0.0697. The molecule has 0 fully saturated rings. The summed E-state index contributed by atoms with van der Waals surface area (Å²) in [6, 6.07) is 10.5. The number of benzene rings is 2. The minimum atomic E-state index is -1.20. The first-order valence-electron chi connectivity index (χ1n) is 5.35. The first kappa shape index (κ1) is 12.3. The van der Waals surface area contributed by atoms with Gasteiger partial charge in [0.25, 0.3) is 0 Å². The molecule has 0 aromatic heterocycles. The number of aliphatic hydroxyl groups excluding tert-OH is 1. The normalized spacial score (nSPS) is 10.3. The number of carbonyl (C=O) groups is 1. The molecule has 0 heterocycles. The smallest absolute Gasteiger partial charge is 0.336 e. The summed E-state index contributed by atoms with van der Waals surface area (Å²) < 4.78 is 13.1. The van der Waals surface area contributed by atoms with E-state index in [2.05, 4.69) is 0 Å². The summed E-state index contributed by atoms with van der Waals surface area (Å²) in [5.41, 5.74) is 1.48. The maximum Gasteiger partial charge on any atom is 0.336 e. The second kappa shape index (κ2) is 4.98. The van der Waals surface area contributed by atoms with E-state index >= 15 is 0 Å². The minimum Gasteiger partial charge on any atom is -0.478 e. The van der Waals surface area contributed by atoms with Crippen LogP contribution in [0.3, 0.4) is 0 Å². The van der Waals surface area contributed by atoms with Gasteiger partial charge >= 0.3 is 5.97 Å². The fourth-order valence-corrected chi connectivity index (χ4v) is 1.85. The molecule has 0 aliphatic rings. The van der Waals surface area contributed by atoms with Gasteiger partial charge in [0, 0.05) is 0 Å². The third kappa shape index (κ3) is 2.24. The van der Waals surface area contributed by atoms with Gasteiger partial charge in [0.15, 0.2) is 0 Å². The highest BCUT2D eigenvalue weighted by Crippen LogP contribution is 2.28. The van der Waals surface area contributed by atoms with E-state index < -0.39 is 11.8 Å². The summed E-state index contributed by atoms with van der Waals surface area (Å²) >= 11 is 0. The maximum absolute atomic E-state index is 13.1. The van der Waals surface area contributed by atoms with E-state index in [0.717, 1.165) is 6.07 Å². The Bertz CT molecular complexity index is 593. The van der Waals surface area contributed by atoms with Gasteiger partial charge in [0.1, 0.15) is 5.82 Å². The SMILES string of the molecule is O=C(O)c1cc(F)ccc1-c1ccccc1CO. The molecule has 2 aromatic rings. The van der Waals surface area contributed by atoms with Gasteiger partial charge in [0.2, 0.25) is 0 Å². The average molecular weight is 246 g/mol. The van der Waals surface area contributed by atoms with Crippen molar-refractivity contribution < 1.29 is 19.4 Å². The monoisotopic (exact) mass is 246 g/mol. The van der Waals surface area contributed by atoms with Crippen LogP contribution in [0.15, 0.2) is 42.5 Å². The molecule has 18 heavy (non-hydrogen) atoms. The zero-order valence-corrected chi connectivity index (χ0v) is 9.43. The van der Waals surface area contributed by atoms with E-state index in [-0.39, 0.29) is 12.2 Å². The number of carboxylic acids is 1. The second-order valence-electron chi connectivity index (χ2n) is 3.81. The van der Waals surface area contributed by atoms with Gasteiger partial charge in [-0.3, -0.25) is 0 Å². The van der Waals surface area contributed by atoms with Crippen LogP contribution in [0.4, 0.5) is 4.39 Å². The van der Waals surface area contributed by atoms with Crippen molar-refractivity contribution in [1.82, 2.24) is 0 Å². The van der Waals surface area contributed by atoms with Crippen molar-refractivity contribution in [2.45, 2.75) is 6.61 Å². The van der Waals surface area contributed by atoms with Crippen LogP contribution < -0.4 is 0 Å². The van der Waals surface area contributed by atoms with E-state index in [9.17, 15) is 14.3 Å². The van der Waals surface area contributed by atoms with Crippen LogP contribution in [0, 0.1) is 5.82 Å². The number of hydrogen-bond donors (Lipinski definition) is 2. The molecule has 0 spiro atoms. The van der Waals surface area contributed by atoms with E-state index in [4.69, 9.17) is 5.11 Å². The highest BCUT2D eigenvalue weighted by atomic mass is 19.1. The summed E-state index contributed by atoms with van der Waals surface area (Å²) in [7, 11) is 0. The molecule has 0 atom stereocenters. The van der Waals surface area contributed by atoms with Crippen LogP contribution in [-0.2, 0) is 6.61 Å². The molecule has 2 aromatic carbocycles. The van der Waals surface area contributed by atoms with Crippen LogP contribution in [0.25, 0.3) is 11.1 Å². The van der Waals surface area contributed by atoms with Crippen molar-refractivity contribution in [2.24, 2.45) is 0 Å². The summed E-state index contributed by atoms with van der Waals surface area (Å²) in [5, 5.41) is 18.3. The molecule has 0 unspecified atom stereocenters. The molecular formula is C14H11FO3. The molecule has 2 N–H and O–H groups in total. The Morgan fingerprint density at radius 1 is 1.11 bits per heavy atom. The minimum absolute atomic E-state index is 0.115. The first-order valence-corrected chi connectivity index (χ1v) is 5.35. The Labute approximate surface area is 103 Å². The van der Waals surface area contributed by atoms with Gasteiger partial charge < -0.3 is 10.2 Å². The van der Waals surface area contributed by atoms with Gasteiger partial charge in [-0.15, -0.1) is 0 Å². The van der Waals surface area contributed by atoms with E-state index in [1.54, 1.807) is 24.3 Å². The predicted molar refractivity (Wildman–Crippen MR) is 64.7 cm³/mol. The molecule has 92 valence electrons. The van der Waals surface area contributed by atoms with Crippen molar-refractivity contribution in [3.8, 4) is 11.1 Å². The van der Waals surface area contributed by atoms with Crippen LogP contribution in [0.1, 0.15) is 15.9 Å². The van der Waals surface area contributed by atoms with Crippen LogP contribution in [0.5, 0.6) is 0 Å². The Morgan fingerprint density at radius 2 is 1.83 bits per heavy atom. The maximum atomic E-state index is 13.1. The number of rotatable bonds is 3. The van der Waals surface area contributed by atoms with E-state index in [1.807, 2.05) is 0 Å². The fourth-order valence-electron chi connectivity index (χ4n) is 1.85. The third-order valence-electron chi connectivity index (χ3n) is 2.69. The molecule has 4 heteroatoms. The highest BCUT2D eigenvalue weighted by molar-refractivity contribution is 5.96. The number of halogens is 1. The van der Waals surface area contributed by atoms with Crippen LogP contribution >= 0.6 is 0 Å². The van der Waals surface area contributed by atoms with Crippen LogP contribution in [-0.4, -0.2) is 16.2 Å². The lowest BCUT2D eigenvalue weighted by Crippen LogP contribution is -2.02. The lowest BCUT2D eigenvalue weighted by Gasteiger charge is -2.10. The lowest BCUT2D eigenvalue weighted by atomic mass is 9.95. The van der Waals surface area contributed by atoms with E-state index in [0.29, 0.717) is 16.7 Å². The van der Waals surface area contributed by atoms with Crippen molar-refractivity contribution in [2.75, 3.05) is 0 Å². The zero-order chi connectivity index (χ0) is 13.1. The van der Waals surface area contributed by atoms with Gasteiger partial charge in [-0.1, -0.05) is 30.3 Å². The molecular weight excluding hydrogens is 235 g/mol. The Kier molecular flexibility index (Phi) is 3.39. The van der Waals surface area contributed by atoms with Crippen molar-refractivity contribution in [1.29, 1.82) is 0 Å². The molecule has 0 amide bonds. The molecule has 0 bridgehead atoms. The van der Waals surface area contributed by atoms with Crippen molar-refractivity contribution in [3.05, 3.63) is 59.4 Å². The Morgan fingerprint density at radius 3 is 2.50 bits per heavy atom. The molecule has 0 saturated heterocycles. The molecule has 0 aliphatic heterocycles. The van der Waals surface area contributed by atoms with Crippen molar-refractivity contribution >= 4 is 5.97 Å². The van der Waals surface area contributed by atoms with Gasteiger partial charge in [0.05, 0.1) is 12.2 Å². The molecule has 0 saturated carbocycles. The first-order chi connectivity index (χ1) is 8.63. The zero-order valence-electron chi connectivity index (χ0n) is 9.43. The Hall–Kier alpha value is -2.20. The highest BCUT2D eigenvalue weighted by Gasteiger charge is 2.14. The molecule has 0 aliphatic carbocycles. The average Bonchev–Trinajstić information content (AvgIpc) is 2.38. The summed E-state index contributed by atoms with van der Waals surface area (Å²) in [6.45, 7) is -0.202. The van der Waals surface area contributed by atoms with Gasteiger partial charge in [-0.25, -0.2) is 9.18 Å². The van der Waals surface area contributed by atoms with Crippen molar-refractivity contribution in [3.63, 3.8) is 0 Å². The summed E-state index contributed by atoms with van der Waals surface area (Å²) in [5.74, 6) is -1.80. The predicted octanol–water partition coefficient (Wildman–Crippen LogP) is 2.68. The summed E-state index contributed by atoms with van der Waals surface area (Å²) in [4.78, 5) is 11.1. The number of aliphatic hydroxyl groups is 1. The molecule has 2 rings (SSSR count). The topological polar surface area (TPSA) is 57.5 Å². The fraction of sp³-hybridized carbons (Fsp3) is 0.0714. The largest absolute Gasteiger partial charge is 0.478 e. The van der Waals surface area contributed by atoms with Gasteiger partial charge in [-0.2, -0.15) is 0 Å². The van der Waals surface area contributed by atoms with Gasteiger partial charge in [-0.05, 0) is 28.8 Å². The molecule has 0 radical (unpaired) electrons. The second-order valence-corrected chi connectivity index (χ2v) is 3.81. The third-order valence-corrected chi connectivity index (χ3v) is 2.69. The molecule has 3 nitrogen and oxygen atoms in total. The van der Waals surface area contributed by atoms with E-state index in [1.165, 1.54) is 12.1 Å². The Balaban J connectivity index is 2.67. The standard InChI is InChI=1S/C14H11FO3/c15-10-5-6-12(13(7-10)14(17)18)11-4-2-1-3-9(11)8-16/h1-7,16H,8H2,(H,17,18). The number of hydrogen-bond acceptors (Lipinski definition) is 2. The number of carboxylic acid groups (broad SMARTS) is 1.